The van der Waals surface area contributed by atoms with Gasteiger partial charge in [0.15, 0.2) is 0 Å². The fourth-order valence-corrected chi connectivity index (χ4v) is 1.38. The van der Waals surface area contributed by atoms with Crippen LogP contribution in [0.3, 0.4) is 0 Å². The van der Waals surface area contributed by atoms with E-state index in [1.165, 1.54) is 0 Å². The van der Waals surface area contributed by atoms with E-state index in [4.69, 9.17) is 5.11 Å². The molecule has 1 rings (SSSR count). The van der Waals surface area contributed by atoms with E-state index >= 15 is 0 Å². The highest BCUT2D eigenvalue weighted by atomic mass is 16.3. The molecule has 0 bridgehead atoms. The maximum absolute atomic E-state index is 9.02. The van der Waals surface area contributed by atoms with Gasteiger partial charge < -0.3 is 10.4 Å². The van der Waals surface area contributed by atoms with Crippen molar-refractivity contribution in [2.75, 3.05) is 6.61 Å². The molecule has 0 aliphatic rings. The number of aromatic nitrogens is 2. The van der Waals surface area contributed by atoms with E-state index in [1.54, 1.807) is 0 Å². The van der Waals surface area contributed by atoms with E-state index in [0.717, 1.165) is 12.2 Å². The van der Waals surface area contributed by atoms with Crippen LogP contribution in [0.2, 0.25) is 0 Å². The second-order valence-corrected chi connectivity index (χ2v) is 4.71. The van der Waals surface area contributed by atoms with Crippen molar-refractivity contribution in [3.63, 3.8) is 0 Å². The van der Waals surface area contributed by atoms with Gasteiger partial charge in [0.2, 0.25) is 0 Å². The fraction of sp³-hybridized carbons (Fsp3) is 0.750. The molecule has 0 aliphatic heterocycles. The van der Waals surface area contributed by atoms with Crippen LogP contribution in [0.1, 0.15) is 39.4 Å². The molecule has 2 N–H and O–H groups in total. The van der Waals surface area contributed by atoms with Gasteiger partial charge in [-0.1, -0.05) is 6.92 Å². The SMILES string of the molecule is CC(CO)C(C)NCc1ccn(C(C)C)n1. The lowest BCUT2D eigenvalue weighted by Gasteiger charge is -2.18. The zero-order valence-electron chi connectivity index (χ0n) is 10.6. The Labute approximate surface area is 97.7 Å². The zero-order valence-corrected chi connectivity index (χ0v) is 10.6. The van der Waals surface area contributed by atoms with Crippen molar-refractivity contribution < 1.29 is 5.11 Å². The number of rotatable bonds is 6. The Bertz CT molecular complexity index is 309. The standard InChI is InChI=1S/C12H23N3O/c1-9(2)15-6-5-12(14-15)7-13-11(4)10(3)8-16/h5-6,9-11,13,16H,7-8H2,1-4H3. The minimum Gasteiger partial charge on any atom is -0.396 e. The first-order chi connectivity index (χ1) is 7.54. The lowest BCUT2D eigenvalue weighted by molar-refractivity contribution is 0.206. The van der Waals surface area contributed by atoms with Crippen LogP contribution in [0.5, 0.6) is 0 Å². The number of hydrogen-bond donors (Lipinski definition) is 2. The molecular weight excluding hydrogens is 202 g/mol. The first-order valence-electron chi connectivity index (χ1n) is 5.93. The Kier molecular flexibility index (Phi) is 4.96. The van der Waals surface area contributed by atoms with Crippen LogP contribution < -0.4 is 5.32 Å². The molecule has 16 heavy (non-hydrogen) atoms. The van der Waals surface area contributed by atoms with Gasteiger partial charge in [0.1, 0.15) is 0 Å². The van der Waals surface area contributed by atoms with Crippen LogP contribution in [0.25, 0.3) is 0 Å². The molecule has 2 atom stereocenters. The number of hydrogen-bond acceptors (Lipinski definition) is 3. The van der Waals surface area contributed by atoms with Crippen molar-refractivity contribution in [3.05, 3.63) is 18.0 Å². The maximum Gasteiger partial charge on any atom is 0.0762 e. The summed E-state index contributed by atoms with van der Waals surface area (Å²) in [7, 11) is 0. The predicted octanol–water partition coefficient (Wildman–Crippen LogP) is 1.57. The first kappa shape index (κ1) is 13.2. The summed E-state index contributed by atoms with van der Waals surface area (Å²) < 4.78 is 1.96. The third kappa shape index (κ3) is 3.61. The Balaban J connectivity index is 2.42. The van der Waals surface area contributed by atoms with Gasteiger partial charge in [0.25, 0.3) is 0 Å². The van der Waals surface area contributed by atoms with E-state index in [-0.39, 0.29) is 12.5 Å². The molecule has 4 nitrogen and oxygen atoms in total. The molecule has 0 aliphatic carbocycles. The summed E-state index contributed by atoms with van der Waals surface area (Å²) in [6.45, 7) is 9.31. The molecule has 0 radical (unpaired) electrons. The largest absolute Gasteiger partial charge is 0.396 e. The molecule has 0 spiro atoms. The van der Waals surface area contributed by atoms with E-state index in [9.17, 15) is 0 Å². The van der Waals surface area contributed by atoms with Crippen molar-refractivity contribution in [1.29, 1.82) is 0 Å². The Hall–Kier alpha value is -0.870. The summed E-state index contributed by atoms with van der Waals surface area (Å²) >= 11 is 0. The lowest BCUT2D eigenvalue weighted by atomic mass is 10.1. The number of aliphatic hydroxyl groups is 1. The van der Waals surface area contributed by atoms with E-state index < -0.39 is 0 Å². The van der Waals surface area contributed by atoms with Crippen LogP contribution in [-0.2, 0) is 6.54 Å². The van der Waals surface area contributed by atoms with Gasteiger partial charge in [-0.2, -0.15) is 5.10 Å². The minimum absolute atomic E-state index is 0.217. The molecule has 1 aromatic heterocycles. The molecular formula is C12H23N3O. The van der Waals surface area contributed by atoms with Crippen LogP contribution in [0.4, 0.5) is 0 Å². The molecule has 4 heteroatoms. The summed E-state index contributed by atoms with van der Waals surface area (Å²) in [5.41, 5.74) is 1.05. The predicted molar refractivity (Wildman–Crippen MR) is 65.2 cm³/mol. The minimum atomic E-state index is 0.217. The van der Waals surface area contributed by atoms with Crippen molar-refractivity contribution in [1.82, 2.24) is 15.1 Å². The Morgan fingerprint density at radius 1 is 1.38 bits per heavy atom. The highest BCUT2D eigenvalue weighted by Crippen LogP contribution is 2.06. The monoisotopic (exact) mass is 225 g/mol. The van der Waals surface area contributed by atoms with Gasteiger partial charge in [-0.05, 0) is 32.8 Å². The van der Waals surface area contributed by atoms with E-state index in [1.807, 2.05) is 23.9 Å². The van der Waals surface area contributed by atoms with Crippen molar-refractivity contribution >= 4 is 0 Å². The van der Waals surface area contributed by atoms with Gasteiger partial charge >= 0.3 is 0 Å². The second kappa shape index (κ2) is 6.01. The maximum atomic E-state index is 9.02. The van der Waals surface area contributed by atoms with Crippen LogP contribution in [0.15, 0.2) is 12.3 Å². The zero-order chi connectivity index (χ0) is 12.1. The Morgan fingerprint density at radius 3 is 2.56 bits per heavy atom. The topological polar surface area (TPSA) is 50.1 Å². The normalized spacial score (nSPS) is 15.4. The molecule has 0 fully saturated rings. The average Bonchev–Trinajstić information content (AvgIpc) is 2.73. The van der Waals surface area contributed by atoms with Crippen molar-refractivity contribution in [3.8, 4) is 0 Å². The van der Waals surface area contributed by atoms with Gasteiger partial charge in [-0.25, -0.2) is 0 Å². The molecule has 0 saturated carbocycles. The van der Waals surface area contributed by atoms with Crippen molar-refractivity contribution in [2.24, 2.45) is 5.92 Å². The van der Waals surface area contributed by atoms with Crippen molar-refractivity contribution in [2.45, 2.75) is 46.3 Å². The summed E-state index contributed by atoms with van der Waals surface area (Å²) in [6.07, 6.45) is 2.00. The van der Waals surface area contributed by atoms with E-state index in [2.05, 4.69) is 31.2 Å². The van der Waals surface area contributed by atoms with Gasteiger partial charge in [-0.3, -0.25) is 4.68 Å². The van der Waals surface area contributed by atoms with Gasteiger partial charge in [-0.15, -0.1) is 0 Å². The molecule has 0 saturated heterocycles. The third-order valence-electron chi connectivity index (χ3n) is 2.94. The smallest absolute Gasteiger partial charge is 0.0762 e. The lowest BCUT2D eigenvalue weighted by Crippen LogP contribution is -2.33. The molecule has 92 valence electrons. The van der Waals surface area contributed by atoms with Crippen LogP contribution in [0, 0.1) is 5.92 Å². The second-order valence-electron chi connectivity index (χ2n) is 4.71. The first-order valence-corrected chi connectivity index (χ1v) is 5.93. The summed E-state index contributed by atoms with van der Waals surface area (Å²) in [4.78, 5) is 0. The van der Waals surface area contributed by atoms with Crippen LogP contribution in [-0.4, -0.2) is 27.5 Å². The highest BCUT2D eigenvalue weighted by Gasteiger charge is 2.10. The number of aliphatic hydroxyl groups excluding tert-OH is 1. The number of nitrogens with zero attached hydrogens (tertiary/aromatic N) is 2. The summed E-state index contributed by atoms with van der Waals surface area (Å²) in [5.74, 6) is 0.271. The molecule has 1 heterocycles. The molecule has 1 aromatic rings. The molecule has 0 amide bonds. The van der Waals surface area contributed by atoms with Gasteiger partial charge in [0, 0.05) is 31.4 Å². The quantitative estimate of drug-likeness (QED) is 0.772. The Morgan fingerprint density at radius 2 is 2.06 bits per heavy atom. The summed E-state index contributed by atoms with van der Waals surface area (Å²) in [5, 5.41) is 16.8. The third-order valence-corrected chi connectivity index (χ3v) is 2.94. The van der Waals surface area contributed by atoms with Gasteiger partial charge in [0.05, 0.1) is 5.69 Å². The summed E-state index contributed by atoms with van der Waals surface area (Å²) in [6, 6.07) is 2.74. The fourth-order valence-electron chi connectivity index (χ4n) is 1.38. The average molecular weight is 225 g/mol. The van der Waals surface area contributed by atoms with Crippen LogP contribution >= 0.6 is 0 Å². The van der Waals surface area contributed by atoms with E-state index in [0.29, 0.717) is 12.1 Å². The highest BCUT2D eigenvalue weighted by molar-refractivity contribution is 4.99. The number of nitrogens with one attached hydrogen (secondary N) is 1. The molecule has 0 aromatic carbocycles. The molecule has 2 unspecified atom stereocenters.